The number of carbonyl (C=O) groups is 1. The second-order valence-corrected chi connectivity index (χ2v) is 9.11. The first-order chi connectivity index (χ1) is 12.4. The van der Waals surface area contributed by atoms with Crippen molar-refractivity contribution in [2.45, 2.75) is 29.4 Å². The lowest BCUT2D eigenvalue weighted by Crippen LogP contribution is -2.12. The van der Waals surface area contributed by atoms with Crippen LogP contribution in [0.15, 0.2) is 69.8 Å². The molecule has 0 unspecified atom stereocenters. The number of rotatable bonds is 5. The van der Waals surface area contributed by atoms with E-state index in [4.69, 9.17) is 0 Å². The molecule has 0 aliphatic heterocycles. The van der Waals surface area contributed by atoms with E-state index in [0.717, 1.165) is 34.6 Å². The van der Waals surface area contributed by atoms with E-state index in [1.54, 1.807) is 36.4 Å². The van der Waals surface area contributed by atoms with Crippen LogP contribution in [-0.2, 0) is 16.3 Å². The zero-order valence-corrected chi connectivity index (χ0v) is 16.2. The Morgan fingerprint density at radius 2 is 1.73 bits per heavy atom. The summed E-state index contributed by atoms with van der Waals surface area (Å²) in [4.78, 5) is 13.2. The van der Waals surface area contributed by atoms with Crippen molar-refractivity contribution >= 4 is 32.8 Å². The van der Waals surface area contributed by atoms with E-state index in [1.165, 1.54) is 6.07 Å². The summed E-state index contributed by atoms with van der Waals surface area (Å²) in [5, 5.41) is 2.93. The standard InChI is InChI=1S/C20H19NO3S2/c1-3-15-9-7-8-14(2)19(15)21-20(22)17-12-13-18(25-17)26(23,24)16-10-5-4-6-11-16/h4-13H,3H2,1-2H3,(H,21,22). The number of amides is 1. The van der Waals surface area contributed by atoms with Crippen molar-refractivity contribution in [2.75, 3.05) is 5.32 Å². The Morgan fingerprint density at radius 3 is 2.42 bits per heavy atom. The van der Waals surface area contributed by atoms with Crippen LogP contribution in [0.1, 0.15) is 27.7 Å². The summed E-state index contributed by atoms with van der Waals surface area (Å²) in [6.07, 6.45) is 0.801. The van der Waals surface area contributed by atoms with Gasteiger partial charge in [0, 0.05) is 5.69 Å². The fourth-order valence-corrected chi connectivity index (χ4v) is 5.30. The van der Waals surface area contributed by atoms with E-state index >= 15 is 0 Å². The number of para-hydroxylation sites is 1. The van der Waals surface area contributed by atoms with Gasteiger partial charge in [-0.1, -0.05) is 43.3 Å². The van der Waals surface area contributed by atoms with Crippen LogP contribution < -0.4 is 5.32 Å². The molecule has 3 rings (SSSR count). The monoisotopic (exact) mass is 385 g/mol. The molecule has 2 aromatic carbocycles. The van der Waals surface area contributed by atoms with Crippen LogP contribution >= 0.6 is 11.3 Å². The topological polar surface area (TPSA) is 63.2 Å². The van der Waals surface area contributed by atoms with Gasteiger partial charge in [-0.05, 0) is 48.7 Å². The van der Waals surface area contributed by atoms with Gasteiger partial charge in [0.25, 0.3) is 5.91 Å². The highest BCUT2D eigenvalue weighted by Gasteiger charge is 2.22. The van der Waals surface area contributed by atoms with Gasteiger partial charge < -0.3 is 5.32 Å². The van der Waals surface area contributed by atoms with Crippen molar-refractivity contribution < 1.29 is 13.2 Å². The van der Waals surface area contributed by atoms with Crippen molar-refractivity contribution in [3.63, 3.8) is 0 Å². The highest BCUT2D eigenvalue weighted by atomic mass is 32.2. The Morgan fingerprint density at radius 1 is 1.00 bits per heavy atom. The molecule has 0 bridgehead atoms. The Labute approximate surface area is 157 Å². The fourth-order valence-electron chi connectivity index (χ4n) is 2.68. The summed E-state index contributed by atoms with van der Waals surface area (Å²) in [6, 6.07) is 17.1. The molecule has 0 aliphatic carbocycles. The van der Waals surface area contributed by atoms with Gasteiger partial charge >= 0.3 is 0 Å². The molecule has 0 radical (unpaired) electrons. The van der Waals surface area contributed by atoms with Gasteiger partial charge in [-0.3, -0.25) is 4.79 Å². The first-order valence-corrected chi connectivity index (χ1v) is 10.5. The predicted molar refractivity (Wildman–Crippen MR) is 105 cm³/mol. The molecule has 1 aromatic heterocycles. The van der Waals surface area contributed by atoms with Gasteiger partial charge in [-0.25, -0.2) is 8.42 Å². The normalized spacial score (nSPS) is 11.3. The lowest BCUT2D eigenvalue weighted by atomic mass is 10.1. The average Bonchev–Trinajstić information content (AvgIpc) is 3.15. The second-order valence-electron chi connectivity index (χ2n) is 5.85. The summed E-state index contributed by atoms with van der Waals surface area (Å²) in [7, 11) is -3.61. The quantitative estimate of drug-likeness (QED) is 0.692. The van der Waals surface area contributed by atoms with E-state index in [2.05, 4.69) is 5.32 Å². The van der Waals surface area contributed by atoms with Crippen LogP contribution in [0.3, 0.4) is 0 Å². The molecule has 0 fully saturated rings. The number of sulfone groups is 1. The zero-order valence-electron chi connectivity index (χ0n) is 14.5. The highest BCUT2D eigenvalue weighted by molar-refractivity contribution is 7.93. The molecule has 0 saturated carbocycles. The molecule has 1 N–H and O–H groups in total. The summed E-state index contributed by atoms with van der Waals surface area (Å²) in [5.74, 6) is -0.298. The molecule has 26 heavy (non-hydrogen) atoms. The average molecular weight is 386 g/mol. The number of thiophene rings is 1. The molecule has 0 saturated heterocycles. The van der Waals surface area contributed by atoms with Crippen molar-refractivity contribution in [3.05, 3.63) is 76.7 Å². The molecular formula is C20H19NO3S2. The van der Waals surface area contributed by atoms with Crippen molar-refractivity contribution in [1.82, 2.24) is 0 Å². The van der Waals surface area contributed by atoms with Crippen LogP contribution in [0.25, 0.3) is 0 Å². The predicted octanol–water partition coefficient (Wildman–Crippen LogP) is 4.70. The van der Waals surface area contributed by atoms with Gasteiger partial charge in [-0.15, -0.1) is 11.3 Å². The highest BCUT2D eigenvalue weighted by Crippen LogP contribution is 2.29. The van der Waals surface area contributed by atoms with E-state index < -0.39 is 9.84 Å². The molecule has 6 heteroatoms. The van der Waals surface area contributed by atoms with Crippen molar-refractivity contribution in [1.29, 1.82) is 0 Å². The van der Waals surface area contributed by atoms with Gasteiger partial charge in [0.1, 0.15) is 4.21 Å². The van der Waals surface area contributed by atoms with Crippen LogP contribution in [0.5, 0.6) is 0 Å². The Kier molecular flexibility index (Phi) is 5.25. The first kappa shape index (κ1) is 18.4. The minimum atomic E-state index is -3.61. The number of carbonyl (C=O) groups excluding carboxylic acids is 1. The van der Waals surface area contributed by atoms with Gasteiger partial charge in [0.15, 0.2) is 0 Å². The number of anilines is 1. The van der Waals surface area contributed by atoms with Crippen LogP contribution in [-0.4, -0.2) is 14.3 Å². The number of hydrogen-bond acceptors (Lipinski definition) is 4. The Bertz CT molecular complexity index is 1040. The smallest absolute Gasteiger partial charge is 0.265 e. The van der Waals surface area contributed by atoms with Gasteiger partial charge in [0.05, 0.1) is 9.77 Å². The second kappa shape index (κ2) is 7.43. The number of aryl methyl sites for hydroxylation is 2. The Balaban J connectivity index is 1.88. The first-order valence-electron chi connectivity index (χ1n) is 8.23. The third-order valence-electron chi connectivity index (χ3n) is 4.10. The summed E-state index contributed by atoms with van der Waals surface area (Å²) < 4.78 is 25.5. The maximum atomic E-state index is 12.7. The summed E-state index contributed by atoms with van der Waals surface area (Å²) >= 11 is 0.981. The molecule has 0 spiro atoms. The van der Waals surface area contributed by atoms with E-state index in [-0.39, 0.29) is 15.0 Å². The van der Waals surface area contributed by atoms with Crippen LogP contribution in [0.2, 0.25) is 0 Å². The maximum Gasteiger partial charge on any atom is 0.265 e. The molecule has 1 amide bonds. The number of nitrogens with one attached hydrogen (secondary N) is 1. The van der Waals surface area contributed by atoms with Crippen molar-refractivity contribution in [3.8, 4) is 0 Å². The van der Waals surface area contributed by atoms with Gasteiger partial charge in [0.2, 0.25) is 9.84 Å². The molecule has 134 valence electrons. The molecule has 3 aromatic rings. The fraction of sp³-hybridized carbons (Fsp3) is 0.150. The zero-order chi connectivity index (χ0) is 18.7. The lowest BCUT2D eigenvalue weighted by molar-refractivity contribution is 0.103. The lowest BCUT2D eigenvalue weighted by Gasteiger charge is -2.12. The molecule has 0 atom stereocenters. The molecule has 4 nitrogen and oxygen atoms in total. The SMILES string of the molecule is CCc1cccc(C)c1NC(=O)c1ccc(S(=O)(=O)c2ccccc2)s1. The maximum absolute atomic E-state index is 12.7. The number of benzene rings is 2. The largest absolute Gasteiger partial charge is 0.321 e. The molecule has 1 heterocycles. The van der Waals surface area contributed by atoms with E-state index in [1.807, 2.05) is 32.0 Å². The van der Waals surface area contributed by atoms with Crippen LogP contribution in [0, 0.1) is 6.92 Å². The summed E-state index contributed by atoms with van der Waals surface area (Å²) in [6.45, 7) is 3.97. The molecule has 0 aliphatic rings. The number of hydrogen-bond donors (Lipinski definition) is 1. The van der Waals surface area contributed by atoms with E-state index in [9.17, 15) is 13.2 Å². The molecular weight excluding hydrogens is 366 g/mol. The summed E-state index contributed by atoms with van der Waals surface area (Å²) in [5.41, 5.74) is 2.82. The van der Waals surface area contributed by atoms with E-state index in [0.29, 0.717) is 4.88 Å². The minimum Gasteiger partial charge on any atom is -0.321 e. The van der Waals surface area contributed by atoms with Gasteiger partial charge in [-0.2, -0.15) is 0 Å². The minimum absolute atomic E-state index is 0.161. The third kappa shape index (κ3) is 3.57. The third-order valence-corrected chi connectivity index (χ3v) is 7.45. The van der Waals surface area contributed by atoms with Crippen molar-refractivity contribution in [2.24, 2.45) is 0 Å². The van der Waals surface area contributed by atoms with Crippen LogP contribution in [0.4, 0.5) is 5.69 Å². The Hall–Kier alpha value is -2.44.